The maximum Gasteiger partial charge on any atom is 0.325 e. The predicted molar refractivity (Wildman–Crippen MR) is 124 cm³/mol. The van der Waals surface area contributed by atoms with Gasteiger partial charge in [0.25, 0.3) is 17.1 Å². The van der Waals surface area contributed by atoms with Gasteiger partial charge >= 0.3 is 6.03 Å². The summed E-state index contributed by atoms with van der Waals surface area (Å²) in [5.74, 6) is -1.58. The van der Waals surface area contributed by atoms with E-state index in [0.29, 0.717) is 11.1 Å². The second-order valence-corrected chi connectivity index (χ2v) is 8.78. The molecule has 1 aromatic carbocycles. The number of rotatable bonds is 7. The van der Waals surface area contributed by atoms with Crippen LogP contribution in [-0.4, -0.2) is 63.4 Å². The van der Waals surface area contributed by atoms with Crippen LogP contribution in [0.3, 0.4) is 0 Å². The third kappa shape index (κ3) is 4.55. The van der Waals surface area contributed by atoms with Gasteiger partial charge in [0.2, 0.25) is 5.91 Å². The van der Waals surface area contributed by atoms with Crippen LogP contribution < -0.4 is 10.6 Å². The Morgan fingerprint density at radius 1 is 1.12 bits per heavy atom. The van der Waals surface area contributed by atoms with E-state index in [-0.39, 0.29) is 18.0 Å². The van der Waals surface area contributed by atoms with Crippen molar-refractivity contribution in [3.05, 3.63) is 70.9 Å². The van der Waals surface area contributed by atoms with Crippen molar-refractivity contribution in [2.24, 2.45) is 0 Å². The Labute approximate surface area is 199 Å². The lowest BCUT2D eigenvalue weighted by Crippen LogP contribution is -2.44. The molecule has 0 radical (unpaired) electrons. The van der Waals surface area contributed by atoms with Crippen molar-refractivity contribution in [1.29, 1.82) is 0 Å². The maximum absolute atomic E-state index is 12.9. The molecule has 174 valence electrons. The number of imide groups is 2. The fourth-order valence-corrected chi connectivity index (χ4v) is 4.48. The standard InChI is InChI=1S/C23H21N5O5S/c1-23(16-7-3-2-4-8-16)20(31)28(21(32)26-23)14-18(29)25-10-11-27-19(30)17(34-22(27)33)12-15-6-5-9-24-13-15/h2-9,12-13H,10-11,14H2,1H3,(H,25,29)(H,26,32)/b17-12+/t23-/m1/s1. The van der Waals surface area contributed by atoms with Gasteiger partial charge in [-0.2, -0.15) is 0 Å². The zero-order valence-electron chi connectivity index (χ0n) is 18.2. The van der Waals surface area contributed by atoms with E-state index >= 15 is 0 Å². The second-order valence-electron chi connectivity index (χ2n) is 7.78. The highest BCUT2D eigenvalue weighted by Crippen LogP contribution is 2.32. The number of thioether (sulfide) groups is 1. The van der Waals surface area contributed by atoms with E-state index in [1.807, 2.05) is 0 Å². The summed E-state index contributed by atoms with van der Waals surface area (Å²) in [6, 6.07) is 11.6. The zero-order chi connectivity index (χ0) is 24.3. The van der Waals surface area contributed by atoms with Gasteiger partial charge in [0.15, 0.2) is 0 Å². The molecular weight excluding hydrogens is 458 g/mol. The van der Waals surface area contributed by atoms with Crippen LogP contribution in [0.15, 0.2) is 59.8 Å². The van der Waals surface area contributed by atoms with Gasteiger partial charge in [0.1, 0.15) is 12.1 Å². The minimum atomic E-state index is -1.26. The van der Waals surface area contributed by atoms with Gasteiger partial charge in [-0.1, -0.05) is 36.4 Å². The van der Waals surface area contributed by atoms with Gasteiger partial charge in [-0.05, 0) is 42.0 Å². The summed E-state index contributed by atoms with van der Waals surface area (Å²) in [6.07, 6.45) is 4.76. The van der Waals surface area contributed by atoms with Crippen molar-refractivity contribution in [2.75, 3.05) is 19.6 Å². The molecule has 3 heterocycles. The lowest BCUT2D eigenvalue weighted by atomic mass is 9.92. The van der Waals surface area contributed by atoms with E-state index in [0.717, 1.165) is 21.6 Å². The number of urea groups is 1. The molecule has 0 unspecified atom stereocenters. The fourth-order valence-electron chi connectivity index (χ4n) is 3.62. The summed E-state index contributed by atoms with van der Waals surface area (Å²) >= 11 is 0.812. The number of aromatic nitrogens is 1. The van der Waals surface area contributed by atoms with Gasteiger partial charge in [-0.15, -0.1) is 0 Å². The van der Waals surface area contributed by atoms with Crippen molar-refractivity contribution in [1.82, 2.24) is 25.4 Å². The fraction of sp³-hybridized carbons (Fsp3) is 0.217. The highest BCUT2D eigenvalue weighted by Gasteiger charge is 2.49. The molecule has 2 aliphatic heterocycles. The van der Waals surface area contributed by atoms with E-state index in [9.17, 15) is 24.0 Å². The molecule has 2 aromatic rings. The summed E-state index contributed by atoms with van der Waals surface area (Å²) in [4.78, 5) is 68.5. The van der Waals surface area contributed by atoms with Crippen LogP contribution in [0.2, 0.25) is 0 Å². The van der Waals surface area contributed by atoms with Crippen LogP contribution in [0, 0.1) is 0 Å². The first-order valence-corrected chi connectivity index (χ1v) is 11.2. The van der Waals surface area contributed by atoms with Crippen molar-refractivity contribution >= 4 is 46.8 Å². The highest BCUT2D eigenvalue weighted by atomic mass is 32.2. The quantitative estimate of drug-likeness (QED) is 0.457. The van der Waals surface area contributed by atoms with Crippen LogP contribution in [-0.2, 0) is 19.9 Å². The molecule has 1 atom stereocenters. The Hall–Kier alpha value is -3.99. The number of benzene rings is 1. The molecule has 2 fully saturated rings. The lowest BCUT2D eigenvalue weighted by Gasteiger charge is -2.22. The minimum absolute atomic E-state index is 0.0172. The SMILES string of the molecule is C[C@]1(c2ccccc2)NC(=O)N(CC(=O)NCCN2C(=O)S/C(=C/c3cccnc3)C2=O)C1=O. The average molecular weight is 480 g/mol. The molecule has 4 rings (SSSR count). The molecular formula is C23H21N5O5S. The number of hydrogen-bond donors (Lipinski definition) is 2. The lowest BCUT2D eigenvalue weighted by molar-refractivity contribution is -0.134. The smallest absolute Gasteiger partial charge is 0.325 e. The topological polar surface area (TPSA) is 129 Å². The van der Waals surface area contributed by atoms with Crippen LogP contribution in [0.1, 0.15) is 18.1 Å². The van der Waals surface area contributed by atoms with E-state index < -0.39 is 41.1 Å². The molecule has 0 saturated carbocycles. The molecule has 34 heavy (non-hydrogen) atoms. The number of nitrogens with zero attached hydrogens (tertiary/aromatic N) is 3. The third-order valence-corrected chi connectivity index (χ3v) is 6.35. The largest absolute Gasteiger partial charge is 0.353 e. The Morgan fingerprint density at radius 2 is 1.88 bits per heavy atom. The summed E-state index contributed by atoms with van der Waals surface area (Å²) in [5.41, 5.74) is 0.0358. The molecule has 2 saturated heterocycles. The zero-order valence-corrected chi connectivity index (χ0v) is 19.0. The van der Waals surface area contributed by atoms with Crippen molar-refractivity contribution in [3.63, 3.8) is 0 Å². The number of pyridine rings is 1. The first kappa shape index (κ1) is 23.2. The molecule has 2 N–H and O–H groups in total. The normalized spacial score (nSPS) is 21.4. The monoisotopic (exact) mass is 479 g/mol. The number of carbonyl (C=O) groups excluding carboxylic acids is 5. The van der Waals surface area contributed by atoms with Crippen LogP contribution >= 0.6 is 11.8 Å². The Balaban J connectivity index is 1.31. The van der Waals surface area contributed by atoms with Crippen LogP contribution in [0.4, 0.5) is 9.59 Å². The van der Waals surface area contributed by atoms with Gasteiger partial charge in [0.05, 0.1) is 4.91 Å². The Morgan fingerprint density at radius 3 is 2.59 bits per heavy atom. The molecule has 10 nitrogen and oxygen atoms in total. The van der Waals surface area contributed by atoms with Crippen molar-refractivity contribution < 1.29 is 24.0 Å². The van der Waals surface area contributed by atoms with Gasteiger partial charge < -0.3 is 10.6 Å². The summed E-state index contributed by atoms with van der Waals surface area (Å²) in [7, 11) is 0. The number of carbonyl (C=O) groups is 5. The first-order valence-electron chi connectivity index (χ1n) is 10.4. The van der Waals surface area contributed by atoms with E-state index in [1.54, 1.807) is 67.9 Å². The van der Waals surface area contributed by atoms with E-state index in [2.05, 4.69) is 15.6 Å². The number of hydrogen-bond acceptors (Lipinski definition) is 7. The molecule has 0 bridgehead atoms. The summed E-state index contributed by atoms with van der Waals surface area (Å²) in [6.45, 7) is 1.05. The minimum Gasteiger partial charge on any atom is -0.353 e. The van der Waals surface area contributed by atoms with Gasteiger partial charge in [0, 0.05) is 25.5 Å². The molecule has 0 aliphatic carbocycles. The highest BCUT2D eigenvalue weighted by molar-refractivity contribution is 8.18. The number of amides is 6. The van der Waals surface area contributed by atoms with E-state index in [4.69, 9.17) is 0 Å². The molecule has 1 aromatic heterocycles. The van der Waals surface area contributed by atoms with Gasteiger partial charge in [-0.3, -0.25) is 34.0 Å². The summed E-state index contributed by atoms with van der Waals surface area (Å²) in [5, 5.41) is 4.75. The van der Waals surface area contributed by atoms with Crippen LogP contribution in [0.5, 0.6) is 0 Å². The van der Waals surface area contributed by atoms with Crippen LogP contribution in [0.25, 0.3) is 6.08 Å². The molecule has 2 aliphatic rings. The number of nitrogens with one attached hydrogen (secondary N) is 2. The van der Waals surface area contributed by atoms with Crippen molar-refractivity contribution in [3.8, 4) is 0 Å². The Kier molecular flexibility index (Phi) is 6.46. The summed E-state index contributed by atoms with van der Waals surface area (Å²) < 4.78 is 0. The first-order chi connectivity index (χ1) is 16.3. The average Bonchev–Trinajstić information content (AvgIpc) is 3.22. The molecule has 6 amide bonds. The second kappa shape index (κ2) is 9.48. The van der Waals surface area contributed by atoms with Gasteiger partial charge in [-0.25, -0.2) is 4.79 Å². The van der Waals surface area contributed by atoms with E-state index in [1.165, 1.54) is 0 Å². The Bertz CT molecular complexity index is 1190. The maximum atomic E-state index is 12.9. The van der Waals surface area contributed by atoms with Crippen molar-refractivity contribution in [2.45, 2.75) is 12.5 Å². The third-order valence-electron chi connectivity index (χ3n) is 5.44. The molecule has 11 heteroatoms. The predicted octanol–water partition coefficient (Wildman–Crippen LogP) is 1.70. The molecule has 0 spiro atoms.